The second kappa shape index (κ2) is 6.09. The highest BCUT2D eigenvalue weighted by Gasteiger charge is 2.29. The van der Waals surface area contributed by atoms with Crippen molar-refractivity contribution in [3.63, 3.8) is 0 Å². The Bertz CT molecular complexity index is 1160. The summed E-state index contributed by atoms with van der Waals surface area (Å²) in [5.74, 6) is -2.34. The van der Waals surface area contributed by atoms with Crippen molar-refractivity contribution in [1.82, 2.24) is 4.57 Å². The lowest BCUT2D eigenvalue weighted by Crippen LogP contribution is -2.37. The molecule has 2 aromatic rings. The van der Waals surface area contributed by atoms with Crippen molar-refractivity contribution < 1.29 is 26.3 Å². The average Bonchev–Trinajstić information content (AvgIpc) is 2.63. The van der Waals surface area contributed by atoms with Gasteiger partial charge in [-0.3, -0.25) is 4.79 Å². The molecule has 1 aromatic carbocycles. The molecule has 1 fully saturated rings. The fourth-order valence-electron chi connectivity index (χ4n) is 3.75. The number of carbonyl (C=O) groups is 1. The van der Waals surface area contributed by atoms with E-state index in [1.54, 1.807) is 4.57 Å². The molecular formula is C19H21FN2O4. The Hall–Kier alpha value is -2.41. The maximum absolute atomic E-state index is 15.3. The van der Waals surface area contributed by atoms with Crippen LogP contribution in [0.1, 0.15) is 54.9 Å². The Labute approximate surface area is 156 Å². The van der Waals surface area contributed by atoms with E-state index >= 15 is 4.39 Å². The molecule has 0 radical (unpaired) electrons. The molecule has 138 valence electrons. The predicted octanol–water partition coefficient (Wildman–Crippen LogP) is 2.31. The normalized spacial score (nSPS) is 28.5. The van der Waals surface area contributed by atoms with Gasteiger partial charge < -0.3 is 19.7 Å². The number of aliphatic hydroxyl groups is 1. The van der Waals surface area contributed by atoms with E-state index in [2.05, 4.69) is 0 Å². The Morgan fingerprint density at radius 3 is 2.77 bits per heavy atom. The summed E-state index contributed by atoms with van der Waals surface area (Å²) in [6.07, 6.45) is -6.43. The standard InChI is InChI=1S/C19H21FN2O4/c1-10-2-3-12-16-13(18(24)14(19(25)26)9-22(10)16)8-15(20)17(12)21-6-4-11(23)5-7-21/h8-11,23H,2-7H2,1H3,(H,25,26)/i4D2,5D2,11D. The molecule has 2 aliphatic heterocycles. The summed E-state index contributed by atoms with van der Waals surface area (Å²) >= 11 is 0. The van der Waals surface area contributed by atoms with E-state index < -0.39 is 54.7 Å². The number of carboxylic acids is 1. The molecule has 0 bridgehead atoms. The zero-order valence-electron chi connectivity index (χ0n) is 19.0. The molecule has 1 saturated heterocycles. The molecule has 2 aliphatic rings. The maximum Gasteiger partial charge on any atom is 0.341 e. The number of nitrogens with zero attached hydrogens (tertiary/aromatic N) is 2. The minimum atomic E-state index is -3.03. The lowest BCUT2D eigenvalue weighted by atomic mass is 9.93. The quantitative estimate of drug-likeness (QED) is 0.853. The van der Waals surface area contributed by atoms with Gasteiger partial charge in [0.25, 0.3) is 0 Å². The first-order valence-electron chi connectivity index (χ1n) is 10.8. The predicted molar refractivity (Wildman–Crippen MR) is 95.6 cm³/mol. The van der Waals surface area contributed by atoms with Crippen molar-refractivity contribution >= 4 is 22.6 Å². The topological polar surface area (TPSA) is 82.8 Å². The van der Waals surface area contributed by atoms with Crippen LogP contribution in [0.5, 0.6) is 0 Å². The molecule has 6 nitrogen and oxygen atoms in total. The first-order chi connectivity index (χ1) is 14.2. The van der Waals surface area contributed by atoms with E-state index in [1.165, 1.54) is 6.20 Å². The highest BCUT2D eigenvalue weighted by Crippen LogP contribution is 2.38. The van der Waals surface area contributed by atoms with Crippen molar-refractivity contribution in [2.24, 2.45) is 0 Å². The van der Waals surface area contributed by atoms with Crippen LogP contribution in [0.3, 0.4) is 0 Å². The lowest BCUT2D eigenvalue weighted by molar-refractivity contribution is 0.0694. The number of hydrogen-bond donors (Lipinski definition) is 2. The third kappa shape index (κ3) is 2.49. The number of rotatable bonds is 2. The molecule has 0 aliphatic carbocycles. The van der Waals surface area contributed by atoms with Crippen molar-refractivity contribution in [3.8, 4) is 0 Å². The number of aromatic carboxylic acids is 1. The Balaban J connectivity index is 2.00. The summed E-state index contributed by atoms with van der Waals surface area (Å²) < 4.78 is 56.8. The number of halogens is 1. The van der Waals surface area contributed by atoms with Crippen molar-refractivity contribution in [2.75, 3.05) is 18.0 Å². The highest BCUT2D eigenvalue weighted by atomic mass is 19.1. The number of anilines is 1. The summed E-state index contributed by atoms with van der Waals surface area (Å²) in [5, 5.41) is 19.4. The second-order valence-corrected chi connectivity index (χ2v) is 6.61. The number of pyridine rings is 1. The molecule has 0 saturated carbocycles. The first-order valence-corrected chi connectivity index (χ1v) is 8.30. The van der Waals surface area contributed by atoms with Gasteiger partial charge in [0, 0.05) is 41.8 Å². The fraction of sp³-hybridized carbons (Fsp3) is 0.474. The van der Waals surface area contributed by atoms with Crippen LogP contribution in [0.4, 0.5) is 10.1 Å². The van der Waals surface area contributed by atoms with Gasteiger partial charge in [-0.25, -0.2) is 9.18 Å². The molecule has 4 rings (SSSR count). The van der Waals surface area contributed by atoms with Crippen molar-refractivity contribution in [1.29, 1.82) is 0 Å². The van der Waals surface area contributed by atoms with Crippen LogP contribution >= 0.6 is 0 Å². The van der Waals surface area contributed by atoms with E-state index in [-0.39, 0.29) is 17.1 Å². The zero-order chi connectivity index (χ0) is 23.1. The minimum Gasteiger partial charge on any atom is -0.477 e. The molecule has 3 heterocycles. The second-order valence-electron chi connectivity index (χ2n) is 6.61. The molecule has 0 amide bonds. The number of aryl methyl sites for hydroxylation is 1. The number of piperidine rings is 1. The molecule has 0 spiro atoms. The van der Waals surface area contributed by atoms with E-state index in [4.69, 9.17) is 6.85 Å². The number of carboxylic acid groups (broad SMARTS) is 1. The van der Waals surface area contributed by atoms with Crippen molar-refractivity contribution in [2.45, 2.75) is 44.6 Å². The summed E-state index contributed by atoms with van der Waals surface area (Å²) in [4.78, 5) is 25.3. The van der Waals surface area contributed by atoms with Crippen LogP contribution in [0, 0.1) is 5.82 Å². The zero-order valence-corrected chi connectivity index (χ0v) is 14.0. The van der Waals surface area contributed by atoms with Gasteiger partial charge in [-0.1, -0.05) is 0 Å². The van der Waals surface area contributed by atoms with E-state index in [9.17, 15) is 19.8 Å². The highest BCUT2D eigenvalue weighted by molar-refractivity contribution is 5.95. The van der Waals surface area contributed by atoms with Gasteiger partial charge in [0.05, 0.1) is 18.7 Å². The first kappa shape index (κ1) is 12.1. The summed E-state index contributed by atoms with van der Waals surface area (Å²) in [5.41, 5.74) is -0.727. The molecular weight excluding hydrogens is 339 g/mol. The van der Waals surface area contributed by atoms with Gasteiger partial charge in [-0.15, -0.1) is 0 Å². The minimum absolute atomic E-state index is 0.0983. The van der Waals surface area contributed by atoms with Crippen LogP contribution < -0.4 is 10.3 Å². The number of benzene rings is 1. The summed E-state index contributed by atoms with van der Waals surface area (Å²) in [6, 6.07) is 0.731. The van der Waals surface area contributed by atoms with Gasteiger partial charge in [0.1, 0.15) is 11.4 Å². The van der Waals surface area contributed by atoms with Crippen molar-refractivity contribution in [3.05, 3.63) is 39.4 Å². The summed E-state index contributed by atoms with van der Waals surface area (Å²) in [6.45, 7) is 0.573. The lowest BCUT2D eigenvalue weighted by Gasteiger charge is -2.36. The molecule has 26 heavy (non-hydrogen) atoms. The van der Waals surface area contributed by atoms with Crippen LogP contribution in [0.2, 0.25) is 0 Å². The molecule has 2 N–H and O–H groups in total. The molecule has 7 heteroatoms. The third-order valence-electron chi connectivity index (χ3n) is 5.05. The molecule has 1 aromatic heterocycles. The Morgan fingerprint density at radius 2 is 2.12 bits per heavy atom. The maximum atomic E-state index is 15.3. The average molecular weight is 365 g/mol. The number of aromatic nitrogens is 1. The van der Waals surface area contributed by atoms with Gasteiger partial charge in [-0.05, 0) is 38.6 Å². The van der Waals surface area contributed by atoms with Gasteiger partial charge in [0.15, 0.2) is 0 Å². The smallest absolute Gasteiger partial charge is 0.341 e. The Morgan fingerprint density at radius 1 is 1.42 bits per heavy atom. The molecule has 1 atom stereocenters. The fourth-order valence-corrected chi connectivity index (χ4v) is 3.75. The van der Waals surface area contributed by atoms with Gasteiger partial charge in [-0.2, -0.15) is 0 Å². The Kier molecular flexibility index (Phi) is 2.82. The monoisotopic (exact) mass is 365 g/mol. The van der Waals surface area contributed by atoms with E-state index in [0.29, 0.717) is 23.9 Å². The van der Waals surface area contributed by atoms with E-state index in [1.807, 2.05) is 6.92 Å². The van der Waals surface area contributed by atoms with Crippen LogP contribution in [0.25, 0.3) is 10.9 Å². The van der Waals surface area contributed by atoms with E-state index in [0.717, 1.165) is 11.0 Å². The van der Waals surface area contributed by atoms with Crippen LogP contribution in [0.15, 0.2) is 17.1 Å². The van der Waals surface area contributed by atoms with Crippen LogP contribution in [-0.4, -0.2) is 39.9 Å². The van der Waals surface area contributed by atoms with Gasteiger partial charge in [0.2, 0.25) is 5.43 Å². The molecule has 1 unspecified atom stereocenters. The van der Waals surface area contributed by atoms with Crippen LogP contribution in [-0.2, 0) is 6.42 Å². The number of hydrogen-bond acceptors (Lipinski definition) is 4. The third-order valence-corrected chi connectivity index (χ3v) is 5.05. The SMILES string of the molecule is [2H]C1([2H])CN(c2c(F)cc3c(=O)c(C(=O)O)cn4c3c2CCC4C)CC([2H])([2H])C1([2H])O. The van der Waals surface area contributed by atoms with Gasteiger partial charge >= 0.3 is 5.97 Å². The summed E-state index contributed by atoms with van der Waals surface area (Å²) in [7, 11) is 0. The largest absolute Gasteiger partial charge is 0.477 e.